The van der Waals surface area contributed by atoms with E-state index in [1.54, 1.807) is 24.3 Å². The fourth-order valence-electron chi connectivity index (χ4n) is 2.27. The summed E-state index contributed by atoms with van der Waals surface area (Å²) in [5.41, 5.74) is 0. The summed E-state index contributed by atoms with van der Waals surface area (Å²) in [6, 6.07) is 6.85. The maximum absolute atomic E-state index is 12.6. The number of ether oxygens (including phenoxy) is 2. The van der Waals surface area contributed by atoms with Crippen LogP contribution in [0.2, 0.25) is 5.02 Å². The van der Waals surface area contributed by atoms with Crippen LogP contribution in [-0.4, -0.2) is 51.3 Å². The third kappa shape index (κ3) is 8.49. The molecule has 0 N–H and O–H groups in total. The summed E-state index contributed by atoms with van der Waals surface area (Å²) >= 11 is 5.81. The van der Waals surface area contributed by atoms with E-state index in [2.05, 4.69) is 0 Å². The first kappa shape index (κ1) is 23.7. The lowest BCUT2D eigenvalue weighted by atomic mass is 9.98. The molecule has 0 saturated carbocycles. The van der Waals surface area contributed by atoms with Crippen LogP contribution in [0.15, 0.2) is 24.3 Å². The highest BCUT2D eigenvalue weighted by atomic mass is 35.5. The van der Waals surface area contributed by atoms with Gasteiger partial charge in [0.1, 0.15) is 12.4 Å². The molecule has 0 bridgehead atoms. The molecule has 0 saturated heterocycles. The molecule has 0 aliphatic carbocycles. The zero-order valence-electron chi connectivity index (χ0n) is 16.5. The summed E-state index contributed by atoms with van der Waals surface area (Å²) < 4.78 is 37.2. The lowest BCUT2D eigenvalue weighted by Gasteiger charge is -2.23. The van der Waals surface area contributed by atoms with Gasteiger partial charge in [0.05, 0.1) is 18.3 Å². The van der Waals surface area contributed by atoms with Gasteiger partial charge in [0, 0.05) is 18.6 Å². The Morgan fingerprint density at radius 2 is 1.81 bits per heavy atom. The second kappa shape index (κ2) is 11.5. The normalized spacial score (nSPS) is 13.0. The van der Waals surface area contributed by atoms with Gasteiger partial charge in [-0.2, -0.15) is 0 Å². The van der Waals surface area contributed by atoms with Gasteiger partial charge in [-0.05, 0) is 36.6 Å². The molecule has 1 unspecified atom stereocenters. The highest BCUT2D eigenvalue weighted by Crippen LogP contribution is 2.18. The smallest absolute Gasteiger partial charge is 0.310 e. The first-order valence-corrected chi connectivity index (χ1v) is 11.1. The van der Waals surface area contributed by atoms with Crippen molar-refractivity contribution in [2.24, 2.45) is 11.8 Å². The molecule has 0 aromatic heterocycles. The second-order valence-electron chi connectivity index (χ2n) is 6.77. The number of sulfonamides is 1. The van der Waals surface area contributed by atoms with Crippen molar-refractivity contribution in [3.8, 4) is 5.75 Å². The minimum absolute atomic E-state index is 0.132. The van der Waals surface area contributed by atoms with E-state index in [9.17, 15) is 13.2 Å². The van der Waals surface area contributed by atoms with Gasteiger partial charge in [-0.25, -0.2) is 12.7 Å². The molecule has 1 rings (SSSR count). The Morgan fingerprint density at radius 1 is 1.19 bits per heavy atom. The van der Waals surface area contributed by atoms with Gasteiger partial charge >= 0.3 is 5.97 Å². The average Bonchev–Trinajstić information content (AvgIpc) is 2.61. The highest BCUT2D eigenvalue weighted by molar-refractivity contribution is 7.89. The zero-order valence-corrected chi connectivity index (χ0v) is 18.1. The van der Waals surface area contributed by atoms with Crippen LogP contribution in [0.4, 0.5) is 0 Å². The van der Waals surface area contributed by atoms with E-state index in [0.29, 0.717) is 17.4 Å². The van der Waals surface area contributed by atoms with Crippen molar-refractivity contribution in [3.05, 3.63) is 29.3 Å². The van der Waals surface area contributed by atoms with Crippen molar-refractivity contribution in [3.63, 3.8) is 0 Å². The predicted molar refractivity (Wildman–Crippen MR) is 108 cm³/mol. The largest absolute Gasteiger partial charge is 0.492 e. The molecule has 154 valence electrons. The number of nitrogens with zero attached hydrogens (tertiary/aromatic N) is 1. The number of carbonyl (C=O) groups excluding carboxylic acids is 1. The number of hydrogen-bond donors (Lipinski definition) is 0. The van der Waals surface area contributed by atoms with Gasteiger partial charge in [0.15, 0.2) is 0 Å². The lowest BCUT2D eigenvalue weighted by Crippen LogP contribution is -2.38. The first-order chi connectivity index (χ1) is 12.7. The van der Waals surface area contributed by atoms with Crippen LogP contribution in [0, 0.1) is 11.8 Å². The SMILES string of the molecule is CCCCOC(=O)C(CS(=O)(=O)N(C)CCOc1ccc(Cl)cc1)C(C)C. The quantitative estimate of drug-likeness (QED) is 0.382. The molecule has 8 heteroatoms. The molecule has 6 nitrogen and oxygen atoms in total. The average molecular weight is 420 g/mol. The van der Waals surface area contributed by atoms with Crippen LogP contribution in [-0.2, 0) is 19.6 Å². The van der Waals surface area contributed by atoms with Crippen LogP contribution < -0.4 is 4.74 Å². The van der Waals surface area contributed by atoms with E-state index in [1.807, 2.05) is 20.8 Å². The van der Waals surface area contributed by atoms with Crippen LogP contribution in [0.3, 0.4) is 0 Å². The maximum Gasteiger partial charge on any atom is 0.310 e. The molecular formula is C19H30ClNO5S. The van der Waals surface area contributed by atoms with E-state index in [-0.39, 0.29) is 24.8 Å². The molecule has 27 heavy (non-hydrogen) atoms. The molecule has 0 spiro atoms. The minimum atomic E-state index is -3.61. The summed E-state index contributed by atoms with van der Waals surface area (Å²) in [5.74, 6) is -0.927. The Bertz CT molecular complexity index is 676. The van der Waals surface area contributed by atoms with E-state index >= 15 is 0 Å². The summed E-state index contributed by atoms with van der Waals surface area (Å²) in [6.07, 6.45) is 1.68. The summed E-state index contributed by atoms with van der Waals surface area (Å²) in [6.45, 7) is 6.35. The Hall–Kier alpha value is -1.31. The topological polar surface area (TPSA) is 72.9 Å². The van der Waals surface area contributed by atoms with E-state index in [4.69, 9.17) is 21.1 Å². The van der Waals surface area contributed by atoms with Crippen molar-refractivity contribution in [2.75, 3.05) is 32.6 Å². The molecule has 1 atom stereocenters. The molecule has 0 fully saturated rings. The van der Waals surface area contributed by atoms with E-state index in [0.717, 1.165) is 12.8 Å². The van der Waals surface area contributed by atoms with Crippen molar-refractivity contribution >= 4 is 27.6 Å². The summed E-state index contributed by atoms with van der Waals surface area (Å²) in [7, 11) is -2.12. The molecular weight excluding hydrogens is 390 g/mol. The number of benzene rings is 1. The number of carbonyl (C=O) groups is 1. The zero-order chi connectivity index (χ0) is 20.4. The van der Waals surface area contributed by atoms with E-state index < -0.39 is 21.9 Å². The Labute approximate surface area is 167 Å². The van der Waals surface area contributed by atoms with E-state index in [1.165, 1.54) is 11.4 Å². The minimum Gasteiger partial charge on any atom is -0.492 e. The third-order valence-corrected chi connectivity index (χ3v) is 6.37. The number of hydrogen-bond acceptors (Lipinski definition) is 5. The Balaban J connectivity index is 2.58. The van der Waals surface area contributed by atoms with Crippen molar-refractivity contribution in [1.82, 2.24) is 4.31 Å². The third-order valence-electron chi connectivity index (χ3n) is 4.20. The van der Waals surface area contributed by atoms with Gasteiger partial charge in [-0.3, -0.25) is 4.79 Å². The molecule has 0 radical (unpaired) electrons. The monoisotopic (exact) mass is 419 g/mol. The molecule has 0 heterocycles. The maximum atomic E-state index is 12.6. The summed E-state index contributed by atoms with van der Waals surface area (Å²) in [5, 5.41) is 0.604. The fourth-order valence-corrected chi connectivity index (χ4v) is 3.98. The predicted octanol–water partition coefficient (Wildman–Crippen LogP) is 3.60. The van der Waals surface area contributed by atoms with Crippen LogP contribution >= 0.6 is 11.6 Å². The number of unbranched alkanes of at least 4 members (excludes halogenated alkanes) is 1. The van der Waals surface area contributed by atoms with Crippen molar-refractivity contribution in [1.29, 1.82) is 0 Å². The summed E-state index contributed by atoms with van der Waals surface area (Å²) in [4.78, 5) is 12.2. The molecule has 1 aromatic rings. The number of likely N-dealkylation sites (N-methyl/N-ethyl adjacent to an activating group) is 1. The Kier molecular flexibility index (Phi) is 10.1. The lowest BCUT2D eigenvalue weighted by molar-refractivity contribution is -0.149. The van der Waals surface area contributed by atoms with Gasteiger partial charge in [-0.1, -0.05) is 38.8 Å². The van der Waals surface area contributed by atoms with Gasteiger partial charge in [0.2, 0.25) is 10.0 Å². The van der Waals surface area contributed by atoms with Gasteiger partial charge < -0.3 is 9.47 Å². The second-order valence-corrected chi connectivity index (χ2v) is 9.33. The van der Waals surface area contributed by atoms with Crippen molar-refractivity contribution < 1.29 is 22.7 Å². The van der Waals surface area contributed by atoms with Crippen molar-refractivity contribution in [2.45, 2.75) is 33.6 Å². The standard InChI is InChI=1S/C19H30ClNO5S/c1-5-6-12-26-19(22)18(15(2)3)14-27(23,24)21(4)11-13-25-17-9-7-16(20)8-10-17/h7-10,15,18H,5-6,11-14H2,1-4H3. The number of esters is 1. The molecule has 0 aliphatic rings. The molecule has 0 amide bonds. The fraction of sp³-hybridized carbons (Fsp3) is 0.632. The van der Waals surface area contributed by atoms with Crippen LogP contribution in [0.5, 0.6) is 5.75 Å². The van der Waals surface area contributed by atoms with Gasteiger partial charge in [0.25, 0.3) is 0 Å². The number of rotatable bonds is 12. The van der Waals surface area contributed by atoms with Gasteiger partial charge in [-0.15, -0.1) is 0 Å². The highest BCUT2D eigenvalue weighted by Gasteiger charge is 2.31. The number of halogens is 1. The molecule has 1 aromatic carbocycles. The molecule has 0 aliphatic heterocycles. The Morgan fingerprint density at radius 3 is 2.37 bits per heavy atom. The van der Waals surface area contributed by atoms with Crippen LogP contribution in [0.1, 0.15) is 33.6 Å². The first-order valence-electron chi connectivity index (χ1n) is 9.16. The van der Waals surface area contributed by atoms with Crippen LogP contribution in [0.25, 0.3) is 0 Å².